The molecule has 23 heavy (non-hydrogen) atoms. The molecule has 0 aliphatic carbocycles. The summed E-state index contributed by atoms with van der Waals surface area (Å²) in [5, 5.41) is 3.91. The quantitative estimate of drug-likeness (QED) is 0.632. The highest BCUT2D eigenvalue weighted by Crippen LogP contribution is 2.17. The molecule has 0 atom stereocenters. The molecule has 0 aliphatic heterocycles. The Kier molecular flexibility index (Phi) is 6.17. The molecule has 0 unspecified atom stereocenters. The van der Waals surface area contributed by atoms with Crippen LogP contribution in [0.4, 0.5) is 0 Å². The first-order valence-corrected chi connectivity index (χ1v) is 7.39. The van der Waals surface area contributed by atoms with Gasteiger partial charge in [-0.05, 0) is 47.9 Å². The second kappa shape index (κ2) is 8.58. The Morgan fingerprint density at radius 1 is 1.17 bits per heavy atom. The molecule has 0 spiro atoms. The average Bonchev–Trinajstić information content (AvgIpc) is 2.60. The van der Waals surface area contributed by atoms with Crippen molar-refractivity contribution in [2.24, 2.45) is 5.10 Å². The minimum atomic E-state index is -0.305. The molecular weight excluding hydrogens is 292 g/mol. The zero-order chi connectivity index (χ0) is 16.5. The second-order valence-corrected chi connectivity index (χ2v) is 4.82. The van der Waals surface area contributed by atoms with Crippen molar-refractivity contribution in [3.63, 3.8) is 0 Å². The van der Waals surface area contributed by atoms with E-state index in [2.05, 4.69) is 10.5 Å². The summed E-state index contributed by atoms with van der Waals surface area (Å²) in [6, 6.07) is 15.0. The third-order valence-corrected chi connectivity index (χ3v) is 3.23. The van der Waals surface area contributed by atoms with Gasteiger partial charge in [0.05, 0.1) is 13.3 Å². The van der Waals surface area contributed by atoms with Gasteiger partial charge in [-0.3, -0.25) is 4.79 Å². The van der Waals surface area contributed by atoms with Crippen LogP contribution in [-0.2, 0) is 11.2 Å². The highest BCUT2D eigenvalue weighted by atomic mass is 16.5. The van der Waals surface area contributed by atoms with Gasteiger partial charge in [0.25, 0.3) is 5.91 Å². The number of benzene rings is 2. The van der Waals surface area contributed by atoms with E-state index in [0.29, 0.717) is 0 Å². The molecule has 2 aromatic rings. The van der Waals surface area contributed by atoms with Crippen LogP contribution >= 0.6 is 0 Å². The maximum Gasteiger partial charge on any atom is 0.277 e. The summed E-state index contributed by atoms with van der Waals surface area (Å²) >= 11 is 0. The lowest BCUT2D eigenvalue weighted by Crippen LogP contribution is -2.24. The lowest BCUT2D eigenvalue weighted by molar-refractivity contribution is -0.123. The van der Waals surface area contributed by atoms with E-state index in [4.69, 9.17) is 9.47 Å². The van der Waals surface area contributed by atoms with Crippen LogP contribution in [0, 0.1) is 0 Å². The number of hydrazone groups is 1. The fourth-order valence-corrected chi connectivity index (χ4v) is 1.98. The van der Waals surface area contributed by atoms with Crippen molar-refractivity contribution in [1.82, 2.24) is 5.43 Å². The van der Waals surface area contributed by atoms with Crippen LogP contribution in [0.2, 0.25) is 0 Å². The van der Waals surface area contributed by atoms with Crippen molar-refractivity contribution < 1.29 is 14.3 Å². The van der Waals surface area contributed by atoms with E-state index in [0.717, 1.165) is 29.0 Å². The minimum Gasteiger partial charge on any atom is -0.497 e. The van der Waals surface area contributed by atoms with E-state index >= 15 is 0 Å². The first-order valence-electron chi connectivity index (χ1n) is 7.39. The maximum absolute atomic E-state index is 11.7. The van der Waals surface area contributed by atoms with Crippen molar-refractivity contribution in [2.45, 2.75) is 13.3 Å². The summed E-state index contributed by atoms with van der Waals surface area (Å²) in [7, 11) is 1.61. The Morgan fingerprint density at radius 3 is 2.61 bits per heavy atom. The summed E-state index contributed by atoms with van der Waals surface area (Å²) in [6.45, 7) is 1.97. The number of nitrogens with one attached hydrogen (secondary N) is 1. The molecule has 2 aromatic carbocycles. The van der Waals surface area contributed by atoms with Crippen molar-refractivity contribution >= 4 is 12.1 Å². The lowest BCUT2D eigenvalue weighted by Gasteiger charge is -2.08. The van der Waals surface area contributed by atoms with Gasteiger partial charge in [-0.25, -0.2) is 5.43 Å². The van der Waals surface area contributed by atoms with Crippen LogP contribution in [0.15, 0.2) is 53.6 Å². The fourth-order valence-electron chi connectivity index (χ4n) is 1.98. The smallest absolute Gasteiger partial charge is 0.277 e. The van der Waals surface area contributed by atoms with Gasteiger partial charge in [0.15, 0.2) is 6.61 Å². The Balaban J connectivity index is 1.81. The molecule has 120 valence electrons. The highest BCUT2D eigenvalue weighted by molar-refractivity contribution is 5.83. The van der Waals surface area contributed by atoms with Gasteiger partial charge in [0.2, 0.25) is 0 Å². The molecule has 0 saturated carbocycles. The number of amides is 1. The summed E-state index contributed by atoms with van der Waals surface area (Å²) in [4.78, 5) is 11.7. The van der Waals surface area contributed by atoms with Gasteiger partial charge in [0, 0.05) is 0 Å². The Morgan fingerprint density at radius 2 is 1.91 bits per heavy atom. The fraction of sp³-hybridized carbons (Fsp3) is 0.222. The SMILES string of the molecule is CCc1ccccc1OCC(=O)N/N=C/c1ccc(OC)cc1. The molecule has 5 heteroatoms. The van der Waals surface area contributed by atoms with Crippen molar-refractivity contribution in [3.8, 4) is 11.5 Å². The third kappa shape index (κ3) is 5.14. The predicted octanol–water partition coefficient (Wildman–Crippen LogP) is 2.79. The number of carbonyl (C=O) groups excluding carboxylic acids is 1. The summed E-state index contributed by atoms with van der Waals surface area (Å²) in [6.07, 6.45) is 2.42. The molecule has 0 aromatic heterocycles. The lowest BCUT2D eigenvalue weighted by atomic mass is 10.1. The molecule has 1 amide bonds. The molecule has 2 rings (SSSR count). The maximum atomic E-state index is 11.7. The number of ether oxygens (including phenoxy) is 2. The van der Waals surface area contributed by atoms with Gasteiger partial charge >= 0.3 is 0 Å². The van der Waals surface area contributed by atoms with Gasteiger partial charge in [-0.15, -0.1) is 0 Å². The molecule has 0 heterocycles. The molecule has 5 nitrogen and oxygen atoms in total. The normalized spacial score (nSPS) is 10.5. The largest absolute Gasteiger partial charge is 0.497 e. The van der Waals surface area contributed by atoms with Crippen LogP contribution in [0.1, 0.15) is 18.1 Å². The number of carbonyl (C=O) groups is 1. The number of hydrogen-bond donors (Lipinski definition) is 1. The van der Waals surface area contributed by atoms with E-state index in [1.807, 2.05) is 55.5 Å². The van der Waals surface area contributed by atoms with Crippen LogP contribution < -0.4 is 14.9 Å². The monoisotopic (exact) mass is 312 g/mol. The van der Waals surface area contributed by atoms with Gasteiger partial charge in [0.1, 0.15) is 11.5 Å². The van der Waals surface area contributed by atoms with E-state index in [1.165, 1.54) is 0 Å². The van der Waals surface area contributed by atoms with E-state index in [9.17, 15) is 4.79 Å². The predicted molar refractivity (Wildman–Crippen MR) is 90.0 cm³/mol. The summed E-state index contributed by atoms with van der Waals surface area (Å²) < 4.78 is 10.6. The Bertz CT molecular complexity index is 666. The molecule has 0 radical (unpaired) electrons. The van der Waals surface area contributed by atoms with Crippen LogP contribution in [0.5, 0.6) is 11.5 Å². The molecule has 1 N–H and O–H groups in total. The molecule has 0 bridgehead atoms. The van der Waals surface area contributed by atoms with Crippen LogP contribution in [0.25, 0.3) is 0 Å². The standard InChI is InChI=1S/C18H20N2O3/c1-3-15-6-4-5-7-17(15)23-13-18(21)20-19-12-14-8-10-16(22-2)11-9-14/h4-12H,3,13H2,1-2H3,(H,20,21)/b19-12+. The summed E-state index contributed by atoms with van der Waals surface area (Å²) in [5.74, 6) is 1.19. The van der Waals surface area contributed by atoms with Gasteiger partial charge < -0.3 is 9.47 Å². The highest BCUT2D eigenvalue weighted by Gasteiger charge is 2.04. The Labute approximate surface area is 135 Å². The Hall–Kier alpha value is -2.82. The second-order valence-electron chi connectivity index (χ2n) is 4.82. The van der Waals surface area contributed by atoms with Crippen LogP contribution in [0.3, 0.4) is 0 Å². The first kappa shape index (κ1) is 16.5. The van der Waals surface area contributed by atoms with Crippen molar-refractivity contribution in [3.05, 3.63) is 59.7 Å². The number of para-hydroxylation sites is 1. The van der Waals surface area contributed by atoms with Crippen LogP contribution in [-0.4, -0.2) is 25.8 Å². The van der Waals surface area contributed by atoms with Gasteiger partial charge in [-0.1, -0.05) is 25.1 Å². The average molecular weight is 312 g/mol. The molecule has 0 aliphatic rings. The third-order valence-electron chi connectivity index (χ3n) is 3.23. The summed E-state index contributed by atoms with van der Waals surface area (Å²) in [5.41, 5.74) is 4.38. The zero-order valence-corrected chi connectivity index (χ0v) is 13.3. The first-order chi connectivity index (χ1) is 11.2. The number of rotatable bonds is 7. The van der Waals surface area contributed by atoms with Gasteiger partial charge in [-0.2, -0.15) is 5.10 Å². The molecular formula is C18H20N2O3. The van der Waals surface area contributed by atoms with E-state index < -0.39 is 0 Å². The minimum absolute atomic E-state index is 0.0725. The van der Waals surface area contributed by atoms with E-state index in [1.54, 1.807) is 13.3 Å². The molecule has 0 fully saturated rings. The molecule has 0 saturated heterocycles. The number of methoxy groups -OCH3 is 1. The number of hydrogen-bond acceptors (Lipinski definition) is 4. The van der Waals surface area contributed by atoms with Crippen molar-refractivity contribution in [1.29, 1.82) is 0 Å². The number of nitrogens with zero attached hydrogens (tertiary/aromatic N) is 1. The van der Waals surface area contributed by atoms with Crippen molar-refractivity contribution in [2.75, 3.05) is 13.7 Å². The zero-order valence-electron chi connectivity index (χ0n) is 13.3. The topological polar surface area (TPSA) is 59.9 Å². The van der Waals surface area contributed by atoms with E-state index in [-0.39, 0.29) is 12.5 Å². The number of aryl methyl sites for hydroxylation is 1.